The largest absolute Gasteiger partial charge is 0.338 e. The molecule has 0 bridgehead atoms. The zero-order chi connectivity index (χ0) is 13.9. The van der Waals surface area contributed by atoms with E-state index in [-0.39, 0.29) is 5.91 Å². The Labute approximate surface area is 122 Å². The number of hydrogen-bond acceptors (Lipinski definition) is 4. The van der Waals surface area contributed by atoms with Gasteiger partial charge in [-0.2, -0.15) is 0 Å². The summed E-state index contributed by atoms with van der Waals surface area (Å²) in [5.74, 6) is 0.463. The number of carbonyl (C=O) groups excluding carboxylic acids is 1. The Morgan fingerprint density at radius 3 is 3.00 bits per heavy atom. The third-order valence-corrected chi connectivity index (χ3v) is 4.61. The van der Waals surface area contributed by atoms with Crippen LogP contribution in [0.4, 0.5) is 0 Å². The van der Waals surface area contributed by atoms with Crippen molar-refractivity contribution in [1.29, 1.82) is 0 Å². The number of carbonyl (C=O) groups is 1. The number of pyridine rings is 1. The Morgan fingerprint density at radius 1 is 1.40 bits per heavy atom. The van der Waals surface area contributed by atoms with Gasteiger partial charge in [-0.05, 0) is 31.9 Å². The van der Waals surface area contributed by atoms with Crippen LogP contribution in [0.3, 0.4) is 0 Å². The Bertz CT molecular complexity index is 580. The van der Waals surface area contributed by atoms with E-state index < -0.39 is 0 Å². The lowest BCUT2D eigenvalue weighted by atomic mass is 9.98. The minimum absolute atomic E-state index is 0.0822. The fourth-order valence-corrected chi connectivity index (χ4v) is 3.34. The Hall–Kier alpha value is -1.75. The Kier molecular flexibility index (Phi) is 3.78. The molecule has 1 atom stereocenters. The molecule has 0 saturated carbocycles. The molecule has 2 aromatic heterocycles. The number of hydrogen-bond donors (Lipinski definition) is 0. The molecule has 2 aromatic rings. The standard InChI is InChI=1S/C15H17N3OS/c1-11-4-5-12(9-17-11)15(19)18-7-2-3-13(10-18)14-16-6-8-20-14/h4-6,8-9,13H,2-3,7,10H2,1H3/t13-/m1/s1. The first kappa shape index (κ1) is 13.2. The molecule has 1 saturated heterocycles. The molecule has 5 heteroatoms. The maximum Gasteiger partial charge on any atom is 0.255 e. The van der Waals surface area contributed by atoms with E-state index in [1.165, 1.54) is 0 Å². The fraction of sp³-hybridized carbons (Fsp3) is 0.400. The lowest BCUT2D eigenvalue weighted by Crippen LogP contribution is -2.39. The van der Waals surface area contributed by atoms with Crippen molar-refractivity contribution in [3.05, 3.63) is 46.2 Å². The van der Waals surface area contributed by atoms with E-state index in [4.69, 9.17) is 0 Å². The molecule has 4 nitrogen and oxygen atoms in total. The molecule has 104 valence electrons. The van der Waals surface area contributed by atoms with E-state index in [0.717, 1.165) is 36.6 Å². The van der Waals surface area contributed by atoms with Gasteiger partial charge in [-0.3, -0.25) is 9.78 Å². The van der Waals surface area contributed by atoms with E-state index in [1.54, 1.807) is 17.5 Å². The quantitative estimate of drug-likeness (QED) is 0.853. The average Bonchev–Trinajstić information content (AvgIpc) is 3.02. The number of rotatable bonds is 2. The summed E-state index contributed by atoms with van der Waals surface area (Å²) in [6, 6.07) is 3.74. The molecule has 0 N–H and O–H groups in total. The summed E-state index contributed by atoms with van der Waals surface area (Å²) in [5, 5.41) is 3.14. The van der Waals surface area contributed by atoms with Gasteiger partial charge in [0.05, 0.1) is 10.6 Å². The van der Waals surface area contributed by atoms with Crippen molar-refractivity contribution < 1.29 is 4.79 Å². The molecular weight excluding hydrogens is 270 g/mol. The van der Waals surface area contributed by atoms with Crippen LogP contribution in [0.2, 0.25) is 0 Å². The van der Waals surface area contributed by atoms with Crippen molar-refractivity contribution in [1.82, 2.24) is 14.9 Å². The van der Waals surface area contributed by atoms with Gasteiger partial charge in [-0.1, -0.05) is 0 Å². The fourth-order valence-electron chi connectivity index (χ4n) is 2.58. The molecule has 0 spiro atoms. The third-order valence-electron chi connectivity index (χ3n) is 3.67. The molecule has 1 aliphatic rings. The topological polar surface area (TPSA) is 46.1 Å². The van der Waals surface area contributed by atoms with Gasteiger partial charge in [0.15, 0.2) is 0 Å². The minimum Gasteiger partial charge on any atom is -0.338 e. The highest BCUT2D eigenvalue weighted by Gasteiger charge is 2.26. The van der Waals surface area contributed by atoms with Crippen LogP contribution in [0.1, 0.15) is 39.8 Å². The molecule has 1 fully saturated rings. The van der Waals surface area contributed by atoms with E-state index in [0.29, 0.717) is 11.5 Å². The Balaban J connectivity index is 1.73. The van der Waals surface area contributed by atoms with Gasteiger partial charge < -0.3 is 4.90 Å². The molecule has 20 heavy (non-hydrogen) atoms. The molecule has 1 amide bonds. The second-order valence-electron chi connectivity index (χ2n) is 5.15. The van der Waals surface area contributed by atoms with Gasteiger partial charge in [0.1, 0.15) is 0 Å². The molecule has 0 aliphatic carbocycles. The van der Waals surface area contributed by atoms with Crippen LogP contribution in [-0.2, 0) is 0 Å². The monoisotopic (exact) mass is 287 g/mol. The molecule has 3 rings (SSSR count). The van der Waals surface area contributed by atoms with Crippen LogP contribution < -0.4 is 0 Å². The normalized spacial score (nSPS) is 19.1. The van der Waals surface area contributed by atoms with Crippen molar-refractivity contribution in [3.8, 4) is 0 Å². The maximum absolute atomic E-state index is 12.5. The summed E-state index contributed by atoms with van der Waals surface area (Å²) >= 11 is 1.68. The van der Waals surface area contributed by atoms with Gasteiger partial charge in [-0.25, -0.2) is 4.98 Å². The molecule has 0 radical (unpaired) electrons. The van der Waals surface area contributed by atoms with Crippen LogP contribution in [0.25, 0.3) is 0 Å². The van der Waals surface area contributed by atoms with Gasteiger partial charge >= 0.3 is 0 Å². The van der Waals surface area contributed by atoms with Crippen molar-refractivity contribution in [2.45, 2.75) is 25.7 Å². The molecule has 3 heterocycles. The first-order chi connectivity index (χ1) is 9.74. The molecule has 0 aromatic carbocycles. The van der Waals surface area contributed by atoms with Gasteiger partial charge in [-0.15, -0.1) is 11.3 Å². The first-order valence-corrected chi connectivity index (χ1v) is 7.73. The van der Waals surface area contributed by atoms with Crippen LogP contribution >= 0.6 is 11.3 Å². The zero-order valence-corrected chi connectivity index (χ0v) is 12.3. The lowest BCUT2D eigenvalue weighted by Gasteiger charge is -2.31. The number of nitrogens with zero attached hydrogens (tertiary/aromatic N) is 3. The minimum atomic E-state index is 0.0822. The predicted octanol–water partition coefficient (Wildman–Crippen LogP) is 2.87. The summed E-state index contributed by atoms with van der Waals surface area (Å²) in [5.41, 5.74) is 1.61. The average molecular weight is 287 g/mol. The van der Waals surface area contributed by atoms with Crippen LogP contribution in [-0.4, -0.2) is 33.9 Å². The highest BCUT2D eigenvalue weighted by Crippen LogP contribution is 2.28. The predicted molar refractivity (Wildman–Crippen MR) is 79.0 cm³/mol. The van der Waals surface area contributed by atoms with E-state index >= 15 is 0 Å². The summed E-state index contributed by atoms with van der Waals surface area (Å²) in [4.78, 5) is 23.0. The zero-order valence-electron chi connectivity index (χ0n) is 11.5. The SMILES string of the molecule is Cc1ccc(C(=O)N2CCC[C@@H](c3nccs3)C2)cn1. The summed E-state index contributed by atoms with van der Waals surface area (Å²) in [6.45, 7) is 3.52. The number of piperidine rings is 1. The highest BCUT2D eigenvalue weighted by atomic mass is 32.1. The summed E-state index contributed by atoms with van der Waals surface area (Å²) < 4.78 is 0. The van der Waals surface area contributed by atoms with Gasteiger partial charge in [0.25, 0.3) is 5.91 Å². The van der Waals surface area contributed by atoms with Crippen LogP contribution in [0, 0.1) is 6.92 Å². The molecular formula is C15H17N3OS. The van der Waals surface area contributed by atoms with Crippen molar-refractivity contribution in [2.75, 3.05) is 13.1 Å². The molecule has 1 aliphatic heterocycles. The van der Waals surface area contributed by atoms with Crippen LogP contribution in [0.5, 0.6) is 0 Å². The first-order valence-electron chi connectivity index (χ1n) is 6.85. The Morgan fingerprint density at radius 2 is 2.30 bits per heavy atom. The molecule has 0 unspecified atom stereocenters. The summed E-state index contributed by atoms with van der Waals surface area (Å²) in [7, 11) is 0. The number of aryl methyl sites for hydroxylation is 1. The van der Waals surface area contributed by atoms with E-state index in [1.807, 2.05) is 35.5 Å². The number of aromatic nitrogens is 2. The number of thiazole rings is 1. The van der Waals surface area contributed by atoms with Crippen molar-refractivity contribution >= 4 is 17.2 Å². The van der Waals surface area contributed by atoms with Crippen LogP contribution in [0.15, 0.2) is 29.9 Å². The highest BCUT2D eigenvalue weighted by molar-refractivity contribution is 7.09. The van der Waals surface area contributed by atoms with E-state index in [9.17, 15) is 4.79 Å². The number of likely N-dealkylation sites (tertiary alicyclic amines) is 1. The van der Waals surface area contributed by atoms with Gasteiger partial charge in [0, 0.05) is 42.5 Å². The third kappa shape index (κ3) is 2.72. The smallest absolute Gasteiger partial charge is 0.255 e. The van der Waals surface area contributed by atoms with Crippen molar-refractivity contribution in [2.24, 2.45) is 0 Å². The summed E-state index contributed by atoms with van der Waals surface area (Å²) in [6.07, 6.45) is 5.66. The van der Waals surface area contributed by atoms with E-state index in [2.05, 4.69) is 9.97 Å². The second kappa shape index (κ2) is 5.71. The maximum atomic E-state index is 12.5. The number of amides is 1. The van der Waals surface area contributed by atoms with Gasteiger partial charge in [0.2, 0.25) is 0 Å². The second-order valence-corrected chi connectivity index (χ2v) is 6.08. The lowest BCUT2D eigenvalue weighted by molar-refractivity contribution is 0.0706. The van der Waals surface area contributed by atoms with Crippen molar-refractivity contribution in [3.63, 3.8) is 0 Å².